The Bertz CT molecular complexity index is 638. The van der Waals surface area contributed by atoms with Crippen molar-refractivity contribution in [3.05, 3.63) is 45.2 Å². The molecule has 0 spiro atoms. The Balaban J connectivity index is 2.30. The second-order valence-corrected chi connectivity index (χ2v) is 5.78. The number of anilines is 1. The number of amides is 1. The Morgan fingerprint density at radius 1 is 1.30 bits per heavy atom. The first-order valence-electron chi connectivity index (χ1n) is 6.53. The van der Waals surface area contributed by atoms with Crippen LogP contribution in [0.1, 0.15) is 34.2 Å². The fourth-order valence-corrected chi connectivity index (χ4v) is 2.88. The minimum atomic E-state index is -0.131. The van der Waals surface area contributed by atoms with Crippen molar-refractivity contribution in [3.63, 3.8) is 0 Å². The summed E-state index contributed by atoms with van der Waals surface area (Å²) in [5.74, 6) is -0.131. The molecule has 1 heterocycles. The smallest absolute Gasteiger partial charge is 0.273 e. The van der Waals surface area contributed by atoms with E-state index in [0.29, 0.717) is 5.69 Å². The van der Waals surface area contributed by atoms with Crippen LogP contribution in [0.15, 0.2) is 22.7 Å². The molecule has 2 aromatic rings. The zero-order valence-corrected chi connectivity index (χ0v) is 13.7. The highest BCUT2D eigenvalue weighted by atomic mass is 79.9. The second-order valence-electron chi connectivity index (χ2n) is 4.87. The maximum atomic E-state index is 12.4. The third-order valence-corrected chi connectivity index (χ3v) is 3.72. The molecule has 1 N–H and O–H groups in total. The molecule has 0 radical (unpaired) electrons. The van der Waals surface area contributed by atoms with Gasteiger partial charge in [0.2, 0.25) is 0 Å². The summed E-state index contributed by atoms with van der Waals surface area (Å²) in [5, 5.41) is 7.28. The first kappa shape index (κ1) is 14.8. The third-order valence-electron chi connectivity index (χ3n) is 3.26. The summed E-state index contributed by atoms with van der Waals surface area (Å²) in [6.07, 6.45) is 0.817. The van der Waals surface area contributed by atoms with Crippen LogP contribution in [0, 0.1) is 13.8 Å². The molecule has 0 saturated heterocycles. The maximum Gasteiger partial charge on any atom is 0.273 e. The van der Waals surface area contributed by atoms with Gasteiger partial charge in [0.15, 0.2) is 0 Å². The molecule has 0 aliphatic rings. The van der Waals surface area contributed by atoms with Crippen LogP contribution in [0.5, 0.6) is 0 Å². The number of nitrogens with zero attached hydrogens (tertiary/aromatic N) is 2. The van der Waals surface area contributed by atoms with E-state index in [0.717, 1.165) is 33.4 Å². The zero-order chi connectivity index (χ0) is 14.9. The van der Waals surface area contributed by atoms with E-state index in [-0.39, 0.29) is 5.91 Å². The van der Waals surface area contributed by atoms with Gasteiger partial charge in [-0.15, -0.1) is 0 Å². The molecule has 0 aliphatic carbocycles. The number of benzene rings is 1. The molecule has 20 heavy (non-hydrogen) atoms. The van der Waals surface area contributed by atoms with Gasteiger partial charge in [-0.25, -0.2) is 0 Å². The van der Waals surface area contributed by atoms with E-state index in [2.05, 4.69) is 26.3 Å². The van der Waals surface area contributed by atoms with E-state index in [4.69, 9.17) is 0 Å². The van der Waals surface area contributed by atoms with E-state index < -0.39 is 0 Å². The van der Waals surface area contributed by atoms with Gasteiger partial charge in [0, 0.05) is 17.2 Å². The Kier molecular flexibility index (Phi) is 4.28. The summed E-state index contributed by atoms with van der Waals surface area (Å²) in [4.78, 5) is 12.4. The van der Waals surface area contributed by atoms with Gasteiger partial charge in [0.25, 0.3) is 5.91 Å². The SMILES string of the molecule is CCc1cc(C(=O)Nc2c(C)cc(Br)cc2C)n(C)n1. The highest BCUT2D eigenvalue weighted by molar-refractivity contribution is 9.10. The van der Waals surface area contributed by atoms with Gasteiger partial charge in [-0.3, -0.25) is 9.48 Å². The summed E-state index contributed by atoms with van der Waals surface area (Å²) in [5.41, 5.74) is 4.41. The molecule has 0 bridgehead atoms. The monoisotopic (exact) mass is 335 g/mol. The summed E-state index contributed by atoms with van der Waals surface area (Å²) in [7, 11) is 1.79. The van der Waals surface area contributed by atoms with Crippen LogP contribution in [0.4, 0.5) is 5.69 Å². The van der Waals surface area contributed by atoms with Gasteiger partial charge in [-0.05, 0) is 49.6 Å². The van der Waals surface area contributed by atoms with Crippen molar-refractivity contribution in [2.75, 3.05) is 5.32 Å². The molecule has 4 nitrogen and oxygen atoms in total. The van der Waals surface area contributed by atoms with E-state index in [1.807, 2.05) is 39.0 Å². The number of aromatic nitrogens is 2. The molecule has 0 aliphatic heterocycles. The van der Waals surface area contributed by atoms with Crippen LogP contribution in [0.3, 0.4) is 0 Å². The molecule has 1 aromatic heterocycles. The van der Waals surface area contributed by atoms with E-state index >= 15 is 0 Å². The van der Waals surface area contributed by atoms with Crippen LogP contribution < -0.4 is 5.32 Å². The van der Waals surface area contributed by atoms with Gasteiger partial charge in [0.05, 0.1) is 5.69 Å². The first-order valence-corrected chi connectivity index (χ1v) is 7.32. The number of nitrogens with one attached hydrogen (secondary N) is 1. The average molecular weight is 336 g/mol. The van der Waals surface area contributed by atoms with Crippen molar-refractivity contribution >= 4 is 27.5 Å². The Hall–Kier alpha value is -1.62. The predicted molar refractivity (Wildman–Crippen MR) is 84.2 cm³/mol. The molecule has 1 amide bonds. The average Bonchev–Trinajstić information content (AvgIpc) is 2.75. The molecular weight excluding hydrogens is 318 g/mol. The summed E-state index contributed by atoms with van der Waals surface area (Å²) < 4.78 is 2.64. The van der Waals surface area contributed by atoms with Crippen LogP contribution in [0.25, 0.3) is 0 Å². The Morgan fingerprint density at radius 2 is 1.90 bits per heavy atom. The zero-order valence-electron chi connectivity index (χ0n) is 12.1. The number of hydrogen-bond acceptors (Lipinski definition) is 2. The summed E-state index contributed by atoms with van der Waals surface area (Å²) in [6, 6.07) is 5.81. The molecule has 106 valence electrons. The molecule has 0 atom stereocenters. The molecule has 0 fully saturated rings. The minimum Gasteiger partial charge on any atom is -0.320 e. The van der Waals surface area contributed by atoms with Gasteiger partial charge in [-0.1, -0.05) is 22.9 Å². The molecule has 1 aromatic carbocycles. The number of carbonyl (C=O) groups excluding carboxylic acids is 1. The van der Waals surface area contributed by atoms with Crippen molar-refractivity contribution in [2.45, 2.75) is 27.2 Å². The fourth-order valence-electron chi connectivity index (χ4n) is 2.20. The molecule has 0 saturated carbocycles. The highest BCUT2D eigenvalue weighted by Crippen LogP contribution is 2.25. The van der Waals surface area contributed by atoms with Crippen LogP contribution in [-0.4, -0.2) is 15.7 Å². The lowest BCUT2D eigenvalue weighted by Crippen LogP contribution is -2.17. The van der Waals surface area contributed by atoms with Gasteiger partial charge in [0.1, 0.15) is 5.69 Å². The summed E-state index contributed by atoms with van der Waals surface area (Å²) >= 11 is 3.46. The van der Waals surface area contributed by atoms with Crippen molar-refractivity contribution in [3.8, 4) is 0 Å². The van der Waals surface area contributed by atoms with Crippen molar-refractivity contribution < 1.29 is 4.79 Å². The Morgan fingerprint density at radius 3 is 2.40 bits per heavy atom. The number of aryl methyl sites for hydroxylation is 4. The van der Waals surface area contributed by atoms with Crippen molar-refractivity contribution in [2.24, 2.45) is 7.05 Å². The van der Waals surface area contributed by atoms with Gasteiger partial charge < -0.3 is 5.32 Å². The molecule has 5 heteroatoms. The Labute approximate surface area is 127 Å². The largest absolute Gasteiger partial charge is 0.320 e. The molecule has 2 rings (SSSR count). The first-order chi connectivity index (χ1) is 9.42. The molecule has 0 unspecified atom stereocenters. The number of hydrogen-bond donors (Lipinski definition) is 1. The lowest BCUT2D eigenvalue weighted by atomic mass is 10.1. The quantitative estimate of drug-likeness (QED) is 0.931. The lowest BCUT2D eigenvalue weighted by molar-refractivity contribution is 0.101. The topological polar surface area (TPSA) is 46.9 Å². The normalized spacial score (nSPS) is 10.7. The molecular formula is C15H18BrN3O. The predicted octanol–water partition coefficient (Wildman–Crippen LogP) is 3.61. The highest BCUT2D eigenvalue weighted by Gasteiger charge is 2.15. The van der Waals surface area contributed by atoms with Crippen LogP contribution in [0.2, 0.25) is 0 Å². The van der Waals surface area contributed by atoms with E-state index in [9.17, 15) is 4.79 Å². The van der Waals surface area contributed by atoms with E-state index in [1.165, 1.54) is 0 Å². The second kappa shape index (κ2) is 5.79. The summed E-state index contributed by atoms with van der Waals surface area (Å²) in [6.45, 7) is 5.98. The minimum absolute atomic E-state index is 0.131. The lowest BCUT2D eigenvalue weighted by Gasteiger charge is -2.12. The van der Waals surface area contributed by atoms with E-state index in [1.54, 1.807) is 11.7 Å². The maximum absolute atomic E-state index is 12.4. The van der Waals surface area contributed by atoms with Crippen LogP contribution in [-0.2, 0) is 13.5 Å². The van der Waals surface area contributed by atoms with Crippen LogP contribution >= 0.6 is 15.9 Å². The number of rotatable bonds is 3. The van der Waals surface area contributed by atoms with Gasteiger partial charge >= 0.3 is 0 Å². The van der Waals surface area contributed by atoms with Crippen molar-refractivity contribution in [1.29, 1.82) is 0 Å². The third kappa shape index (κ3) is 2.93. The number of halogens is 1. The van der Waals surface area contributed by atoms with Gasteiger partial charge in [-0.2, -0.15) is 5.10 Å². The number of carbonyl (C=O) groups is 1. The fraction of sp³-hybridized carbons (Fsp3) is 0.333. The standard InChI is InChI=1S/C15H18BrN3O/c1-5-12-8-13(19(4)18-12)15(20)17-14-9(2)6-11(16)7-10(14)3/h6-8H,5H2,1-4H3,(H,17,20). The van der Waals surface area contributed by atoms with Crippen molar-refractivity contribution in [1.82, 2.24) is 9.78 Å².